The lowest BCUT2D eigenvalue weighted by atomic mass is 10.2. The second-order valence-corrected chi connectivity index (χ2v) is 3.43. The van der Waals surface area contributed by atoms with Crippen molar-refractivity contribution in [2.75, 3.05) is 20.2 Å². The van der Waals surface area contributed by atoms with Crippen LogP contribution in [0, 0.1) is 0 Å². The summed E-state index contributed by atoms with van der Waals surface area (Å²) in [5, 5.41) is 11.1. The van der Waals surface area contributed by atoms with Gasteiger partial charge in [0, 0.05) is 6.54 Å². The van der Waals surface area contributed by atoms with E-state index in [4.69, 9.17) is 5.11 Å². The number of amides is 2. The third-order valence-corrected chi connectivity index (χ3v) is 2.43. The highest BCUT2D eigenvalue weighted by molar-refractivity contribution is 5.87. The second kappa shape index (κ2) is 5.34. The maximum atomic E-state index is 11.6. The van der Waals surface area contributed by atoms with Crippen molar-refractivity contribution in [3.8, 4) is 0 Å². The van der Waals surface area contributed by atoms with Crippen LogP contribution in [0.5, 0.6) is 0 Å². The standard InChI is InChI=1S/C9H14N2O5/c1-16-9(15)10-5-7(12)11-4-2-3-6(11)8(13)14/h6H,2-5H2,1H3,(H,10,15)(H,13,14)/t6-/m0/s1. The Morgan fingerprint density at radius 3 is 2.75 bits per heavy atom. The Morgan fingerprint density at radius 1 is 1.50 bits per heavy atom. The average Bonchev–Trinajstić information content (AvgIpc) is 2.74. The minimum absolute atomic E-state index is 0.240. The van der Waals surface area contributed by atoms with Crippen molar-refractivity contribution < 1.29 is 24.2 Å². The number of nitrogens with one attached hydrogen (secondary N) is 1. The quantitative estimate of drug-likeness (QED) is 0.676. The summed E-state index contributed by atoms with van der Waals surface area (Å²) < 4.78 is 4.30. The van der Waals surface area contributed by atoms with E-state index in [1.54, 1.807) is 0 Å². The summed E-state index contributed by atoms with van der Waals surface area (Å²) in [7, 11) is 1.19. The molecule has 1 aliphatic heterocycles. The fourth-order valence-corrected chi connectivity index (χ4v) is 1.64. The summed E-state index contributed by atoms with van der Waals surface area (Å²) in [5.74, 6) is -1.42. The van der Waals surface area contributed by atoms with E-state index in [0.29, 0.717) is 19.4 Å². The Labute approximate surface area is 92.4 Å². The van der Waals surface area contributed by atoms with Crippen LogP contribution in [0.1, 0.15) is 12.8 Å². The number of carboxylic acid groups (broad SMARTS) is 1. The molecule has 2 amide bonds. The highest BCUT2D eigenvalue weighted by Gasteiger charge is 2.33. The van der Waals surface area contributed by atoms with Gasteiger partial charge in [0.2, 0.25) is 5.91 Å². The molecule has 0 aromatic rings. The van der Waals surface area contributed by atoms with Gasteiger partial charge >= 0.3 is 12.1 Å². The zero-order valence-corrected chi connectivity index (χ0v) is 8.93. The molecule has 1 aliphatic rings. The smallest absolute Gasteiger partial charge is 0.407 e. The molecular formula is C9H14N2O5. The molecular weight excluding hydrogens is 216 g/mol. The van der Waals surface area contributed by atoms with Gasteiger partial charge in [-0.25, -0.2) is 9.59 Å². The van der Waals surface area contributed by atoms with Crippen LogP contribution in [-0.4, -0.2) is 54.2 Å². The van der Waals surface area contributed by atoms with Crippen LogP contribution in [0.15, 0.2) is 0 Å². The average molecular weight is 230 g/mol. The molecule has 0 aromatic heterocycles. The Kier molecular flexibility index (Phi) is 4.10. The van der Waals surface area contributed by atoms with Gasteiger partial charge in [0.1, 0.15) is 12.6 Å². The zero-order valence-electron chi connectivity index (χ0n) is 8.93. The number of aliphatic carboxylic acids is 1. The molecule has 0 aromatic carbocycles. The van der Waals surface area contributed by atoms with Crippen molar-refractivity contribution in [2.45, 2.75) is 18.9 Å². The molecule has 2 N–H and O–H groups in total. The van der Waals surface area contributed by atoms with Crippen LogP contribution in [0.3, 0.4) is 0 Å². The largest absolute Gasteiger partial charge is 0.480 e. The van der Waals surface area contributed by atoms with Gasteiger partial charge in [-0.15, -0.1) is 0 Å². The van der Waals surface area contributed by atoms with Gasteiger partial charge in [-0.2, -0.15) is 0 Å². The minimum atomic E-state index is -1.01. The van der Waals surface area contributed by atoms with Gasteiger partial charge in [-0.3, -0.25) is 4.79 Å². The summed E-state index contributed by atoms with van der Waals surface area (Å²) in [6.45, 7) is 0.176. The number of hydrogen-bond acceptors (Lipinski definition) is 4. The molecule has 1 heterocycles. The Bertz CT molecular complexity index is 304. The van der Waals surface area contributed by atoms with Gasteiger partial charge in [-0.1, -0.05) is 0 Å². The fraction of sp³-hybridized carbons (Fsp3) is 0.667. The van der Waals surface area contributed by atoms with E-state index < -0.39 is 24.0 Å². The van der Waals surface area contributed by atoms with Crippen molar-refractivity contribution >= 4 is 18.0 Å². The molecule has 0 radical (unpaired) electrons. The van der Waals surface area contributed by atoms with Gasteiger partial charge in [0.25, 0.3) is 0 Å². The fourth-order valence-electron chi connectivity index (χ4n) is 1.64. The molecule has 0 saturated carbocycles. The number of carboxylic acids is 1. The van der Waals surface area contributed by atoms with Gasteiger partial charge in [0.15, 0.2) is 0 Å². The van der Waals surface area contributed by atoms with Crippen molar-refractivity contribution in [3.05, 3.63) is 0 Å². The molecule has 7 nitrogen and oxygen atoms in total. The van der Waals surface area contributed by atoms with E-state index in [9.17, 15) is 14.4 Å². The summed E-state index contributed by atoms with van der Waals surface area (Å²) in [5.41, 5.74) is 0. The predicted octanol–water partition coefficient (Wildman–Crippen LogP) is -0.582. The summed E-state index contributed by atoms with van der Waals surface area (Å²) in [4.78, 5) is 34.4. The highest BCUT2D eigenvalue weighted by atomic mass is 16.5. The van der Waals surface area contributed by atoms with E-state index in [0.717, 1.165) is 0 Å². The van der Waals surface area contributed by atoms with Gasteiger partial charge in [0.05, 0.1) is 7.11 Å². The molecule has 0 bridgehead atoms. The third-order valence-electron chi connectivity index (χ3n) is 2.43. The number of carbonyl (C=O) groups is 3. The van der Waals surface area contributed by atoms with Crippen LogP contribution in [0.2, 0.25) is 0 Å². The van der Waals surface area contributed by atoms with E-state index in [1.807, 2.05) is 0 Å². The molecule has 1 atom stereocenters. The number of carbonyl (C=O) groups excluding carboxylic acids is 2. The third kappa shape index (κ3) is 2.85. The maximum absolute atomic E-state index is 11.6. The van der Waals surface area contributed by atoms with E-state index in [-0.39, 0.29) is 6.54 Å². The van der Waals surface area contributed by atoms with E-state index in [2.05, 4.69) is 10.1 Å². The van der Waals surface area contributed by atoms with Gasteiger partial charge < -0.3 is 20.1 Å². The van der Waals surface area contributed by atoms with Crippen molar-refractivity contribution in [1.29, 1.82) is 0 Å². The summed E-state index contributed by atoms with van der Waals surface area (Å²) >= 11 is 0. The number of nitrogens with zero attached hydrogens (tertiary/aromatic N) is 1. The minimum Gasteiger partial charge on any atom is -0.480 e. The van der Waals surface area contributed by atoms with Crippen LogP contribution in [0.25, 0.3) is 0 Å². The molecule has 1 rings (SSSR count). The number of methoxy groups -OCH3 is 1. The molecule has 0 aliphatic carbocycles. The van der Waals surface area contributed by atoms with Crippen LogP contribution >= 0.6 is 0 Å². The van der Waals surface area contributed by atoms with Crippen molar-refractivity contribution in [1.82, 2.24) is 10.2 Å². The van der Waals surface area contributed by atoms with E-state index >= 15 is 0 Å². The first-order chi connectivity index (χ1) is 7.56. The summed E-state index contributed by atoms with van der Waals surface area (Å²) in [6, 6.07) is -0.771. The molecule has 0 unspecified atom stereocenters. The zero-order chi connectivity index (χ0) is 12.1. The molecule has 1 saturated heterocycles. The van der Waals surface area contributed by atoms with E-state index in [1.165, 1.54) is 12.0 Å². The monoisotopic (exact) mass is 230 g/mol. The number of rotatable bonds is 3. The van der Waals surface area contributed by atoms with Gasteiger partial charge in [-0.05, 0) is 12.8 Å². The highest BCUT2D eigenvalue weighted by Crippen LogP contribution is 2.17. The van der Waals surface area contributed by atoms with Crippen LogP contribution in [0.4, 0.5) is 4.79 Å². The van der Waals surface area contributed by atoms with Crippen LogP contribution in [-0.2, 0) is 14.3 Å². The Hall–Kier alpha value is -1.79. The van der Waals surface area contributed by atoms with Crippen molar-refractivity contribution in [3.63, 3.8) is 0 Å². The molecule has 16 heavy (non-hydrogen) atoms. The topological polar surface area (TPSA) is 95.9 Å². The lowest BCUT2D eigenvalue weighted by molar-refractivity contribution is -0.147. The molecule has 0 spiro atoms. The molecule has 1 fully saturated rings. The van der Waals surface area contributed by atoms with Crippen LogP contribution < -0.4 is 5.32 Å². The Balaban J connectivity index is 2.47. The normalized spacial score (nSPS) is 19.3. The lowest BCUT2D eigenvalue weighted by Gasteiger charge is -2.21. The number of likely N-dealkylation sites (tertiary alicyclic amines) is 1. The SMILES string of the molecule is COC(=O)NCC(=O)N1CCC[C@H]1C(=O)O. The number of alkyl carbamates (subject to hydrolysis) is 1. The first-order valence-corrected chi connectivity index (χ1v) is 4.90. The first-order valence-electron chi connectivity index (χ1n) is 4.90. The number of ether oxygens (including phenoxy) is 1. The molecule has 7 heteroatoms. The van der Waals surface area contributed by atoms with Crippen molar-refractivity contribution in [2.24, 2.45) is 0 Å². The lowest BCUT2D eigenvalue weighted by Crippen LogP contribution is -2.45. The number of hydrogen-bond donors (Lipinski definition) is 2. The molecule has 90 valence electrons. The maximum Gasteiger partial charge on any atom is 0.407 e. The predicted molar refractivity (Wildman–Crippen MR) is 52.8 cm³/mol. The first kappa shape index (κ1) is 12.3. The summed E-state index contributed by atoms with van der Waals surface area (Å²) in [6.07, 6.45) is 0.416. The second-order valence-electron chi connectivity index (χ2n) is 3.43. The Morgan fingerprint density at radius 2 is 2.19 bits per heavy atom.